The topological polar surface area (TPSA) is 38.7 Å². The van der Waals surface area contributed by atoms with Crippen molar-refractivity contribution in [2.24, 2.45) is 17.3 Å². The molecule has 4 unspecified atom stereocenters. The molecule has 0 saturated heterocycles. The molecule has 3 nitrogen and oxygen atoms in total. The van der Waals surface area contributed by atoms with Crippen LogP contribution in [-0.4, -0.2) is 15.0 Å². The molecule has 4 atom stereocenters. The third-order valence-corrected chi connectivity index (χ3v) is 10.8. The molecule has 1 aromatic heterocycles. The van der Waals surface area contributed by atoms with Crippen molar-refractivity contribution in [3.63, 3.8) is 0 Å². The van der Waals surface area contributed by atoms with Gasteiger partial charge in [0.2, 0.25) is 0 Å². The van der Waals surface area contributed by atoms with E-state index in [9.17, 15) is 0 Å². The van der Waals surface area contributed by atoms with Gasteiger partial charge in [0.05, 0.1) is 0 Å². The summed E-state index contributed by atoms with van der Waals surface area (Å²) >= 11 is 0. The first-order valence-corrected chi connectivity index (χ1v) is 16.4. The predicted octanol–water partition coefficient (Wildman–Crippen LogP) is 10.3. The summed E-state index contributed by atoms with van der Waals surface area (Å²) in [6.07, 6.45) is 22.2. The van der Waals surface area contributed by atoms with Gasteiger partial charge < -0.3 is 0 Å². The summed E-state index contributed by atoms with van der Waals surface area (Å²) < 4.78 is 0. The van der Waals surface area contributed by atoms with Crippen molar-refractivity contribution in [3.8, 4) is 11.4 Å². The summed E-state index contributed by atoms with van der Waals surface area (Å²) in [5.41, 5.74) is 9.03. The van der Waals surface area contributed by atoms with Gasteiger partial charge in [0.15, 0.2) is 17.5 Å². The van der Waals surface area contributed by atoms with Crippen molar-refractivity contribution in [1.29, 1.82) is 0 Å². The Balaban J connectivity index is 1.28. The SMILES string of the molecule is Cc1ccc2c(c1)C(C)C(C)(C)C1C=C(c3nc(C4=CC=C5C=CC=CC5C4)nc(-c4ccc5ccccc5c4)n3)C=CCC21. The molecule has 0 amide bonds. The van der Waals surface area contributed by atoms with E-state index in [2.05, 4.69) is 143 Å². The minimum Gasteiger partial charge on any atom is -0.209 e. The van der Waals surface area contributed by atoms with Crippen LogP contribution in [0.4, 0.5) is 0 Å². The molecule has 45 heavy (non-hydrogen) atoms. The molecule has 3 heteroatoms. The number of rotatable bonds is 3. The van der Waals surface area contributed by atoms with Crippen LogP contribution in [0, 0.1) is 24.2 Å². The largest absolute Gasteiger partial charge is 0.209 e. The van der Waals surface area contributed by atoms with Gasteiger partial charge in [-0.05, 0) is 82.0 Å². The summed E-state index contributed by atoms with van der Waals surface area (Å²) in [5, 5.41) is 2.40. The van der Waals surface area contributed by atoms with Crippen LogP contribution < -0.4 is 0 Å². The van der Waals surface area contributed by atoms with Crippen molar-refractivity contribution in [2.75, 3.05) is 0 Å². The van der Waals surface area contributed by atoms with Crippen molar-refractivity contribution in [2.45, 2.75) is 52.4 Å². The van der Waals surface area contributed by atoms with Crippen molar-refractivity contribution >= 4 is 21.9 Å². The van der Waals surface area contributed by atoms with E-state index in [1.54, 1.807) is 0 Å². The molecule has 0 bridgehead atoms. The van der Waals surface area contributed by atoms with Crippen LogP contribution in [0.15, 0.2) is 121 Å². The first-order valence-electron chi connectivity index (χ1n) is 16.4. The number of aryl methyl sites for hydroxylation is 1. The third-order valence-electron chi connectivity index (χ3n) is 10.8. The molecule has 4 aromatic rings. The molecule has 222 valence electrons. The van der Waals surface area contributed by atoms with Crippen molar-refractivity contribution in [1.82, 2.24) is 15.0 Å². The molecule has 1 heterocycles. The Morgan fingerprint density at radius 2 is 1.60 bits per heavy atom. The lowest BCUT2D eigenvalue weighted by atomic mass is 9.56. The second-order valence-corrected chi connectivity index (χ2v) is 13.8. The van der Waals surface area contributed by atoms with E-state index < -0.39 is 0 Å². The van der Waals surface area contributed by atoms with Gasteiger partial charge in [-0.15, -0.1) is 0 Å². The molecular weight excluding hydrogens is 546 g/mol. The maximum absolute atomic E-state index is 5.23. The highest BCUT2D eigenvalue weighted by Gasteiger charge is 2.45. The first-order chi connectivity index (χ1) is 21.8. The van der Waals surface area contributed by atoms with E-state index in [0.717, 1.165) is 47.0 Å². The second kappa shape index (κ2) is 10.8. The molecule has 0 N–H and O–H groups in total. The van der Waals surface area contributed by atoms with Crippen LogP contribution in [0.25, 0.3) is 33.3 Å². The van der Waals surface area contributed by atoms with Gasteiger partial charge in [-0.25, -0.2) is 15.0 Å². The standard InChI is InChI=1S/C42H39N3/c1-26-16-21-35-36-15-9-14-32(25-38(36)42(3,4)27(2)37(35)22-26)39-43-40(33-19-17-28-10-5-7-12-30(28)23-33)45-41(44-39)34-20-18-29-11-6-8-13-31(29)24-34/h5-14,16-23,25,27,31,36,38H,15,24H2,1-4H3. The van der Waals surface area contributed by atoms with Crippen LogP contribution in [0.3, 0.4) is 0 Å². The highest BCUT2D eigenvalue weighted by atomic mass is 15.0. The zero-order chi connectivity index (χ0) is 30.7. The van der Waals surface area contributed by atoms with Crippen LogP contribution >= 0.6 is 0 Å². The molecule has 0 fully saturated rings. The van der Waals surface area contributed by atoms with E-state index in [4.69, 9.17) is 15.0 Å². The Labute approximate surface area is 266 Å². The van der Waals surface area contributed by atoms with Gasteiger partial charge in [0, 0.05) is 17.1 Å². The Bertz CT molecular complexity index is 2030. The lowest BCUT2D eigenvalue weighted by Gasteiger charge is -2.48. The molecule has 4 aliphatic carbocycles. The number of hydrogen-bond acceptors (Lipinski definition) is 3. The molecule has 3 aromatic carbocycles. The summed E-state index contributed by atoms with van der Waals surface area (Å²) in [4.78, 5) is 15.6. The fraction of sp³-hybridized carbons (Fsp3) is 0.262. The predicted molar refractivity (Wildman–Crippen MR) is 187 cm³/mol. The number of aromatic nitrogens is 3. The average Bonchev–Trinajstić information content (AvgIpc) is 3.31. The number of allylic oxidation sites excluding steroid dienone is 12. The summed E-state index contributed by atoms with van der Waals surface area (Å²) in [6.45, 7) is 9.51. The Hall–Kier alpha value is -4.63. The van der Waals surface area contributed by atoms with E-state index in [1.165, 1.54) is 33.0 Å². The van der Waals surface area contributed by atoms with Gasteiger partial charge in [0.25, 0.3) is 0 Å². The average molecular weight is 586 g/mol. The van der Waals surface area contributed by atoms with Crippen LogP contribution in [0.2, 0.25) is 0 Å². The molecule has 0 saturated carbocycles. The van der Waals surface area contributed by atoms with Gasteiger partial charge >= 0.3 is 0 Å². The minimum absolute atomic E-state index is 0.0771. The fourth-order valence-electron chi connectivity index (χ4n) is 7.89. The molecule has 0 aliphatic heterocycles. The van der Waals surface area contributed by atoms with E-state index >= 15 is 0 Å². The highest BCUT2D eigenvalue weighted by Crippen LogP contribution is 2.56. The van der Waals surface area contributed by atoms with E-state index in [0.29, 0.717) is 23.7 Å². The van der Waals surface area contributed by atoms with Gasteiger partial charge in [-0.2, -0.15) is 0 Å². The first kappa shape index (κ1) is 27.9. The molecule has 8 rings (SSSR count). The van der Waals surface area contributed by atoms with Crippen molar-refractivity contribution in [3.05, 3.63) is 149 Å². The van der Waals surface area contributed by atoms with E-state index in [-0.39, 0.29) is 5.41 Å². The number of hydrogen-bond donors (Lipinski definition) is 0. The lowest BCUT2D eigenvalue weighted by Crippen LogP contribution is -2.38. The smallest absolute Gasteiger partial charge is 0.164 e. The zero-order valence-electron chi connectivity index (χ0n) is 26.5. The maximum Gasteiger partial charge on any atom is 0.164 e. The second-order valence-electron chi connectivity index (χ2n) is 13.8. The zero-order valence-corrected chi connectivity index (χ0v) is 26.5. The Kier molecular flexibility index (Phi) is 6.67. The van der Waals surface area contributed by atoms with Crippen LogP contribution in [0.5, 0.6) is 0 Å². The Morgan fingerprint density at radius 1 is 0.778 bits per heavy atom. The third kappa shape index (κ3) is 4.86. The quantitative estimate of drug-likeness (QED) is 0.240. The Morgan fingerprint density at radius 3 is 2.49 bits per heavy atom. The lowest BCUT2D eigenvalue weighted by molar-refractivity contribution is 0.164. The fourth-order valence-corrected chi connectivity index (χ4v) is 7.89. The molecular formula is C42H39N3. The van der Waals surface area contributed by atoms with Gasteiger partial charge in [-0.3, -0.25) is 0 Å². The van der Waals surface area contributed by atoms with Crippen LogP contribution in [-0.2, 0) is 0 Å². The van der Waals surface area contributed by atoms with Crippen LogP contribution in [0.1, 0.15) is 73.8 Å². The highest BCUT2D eigenvalue weighted by molar-refractivity contribution is 5.86. The normalized spacial score (nSPS) is 24.6. The molecule has 0 spiro atoms. The summed E-state index contributed by atoms with van der Waals surface area (Å²) in [5.74, 6) is 3.83. The monoisotopic (exact) mass is 585 g/mol. The summed E-state index contributed by atoms with van der Waals surface area (Å²) in [6, 6.07) is 22.1. The summed E-state index contributed by atoms with van der Waals surface area (Å²) in [7, 11) is 0. The molecule has 4 aliphatic rings. The minimum atomic E-state index is 0.0771. The van der Waals surface area contributed by atoms with Gasteiger partial charge in [0.1, 0.15) is 0 Å². The number of benzene rings is 3. The number of nitrogens with zero attached hydrogens (tertiary/aromatic N) is 3. The molecule has 0 radical (unpaired) electrons. The van der Waals surface area contributed by atoms with Crippen molar-refractivity contribution < 1.29 is 0 Å². The number of fused-ring (bicyclic) bond motifs is 5. The van der Waals surface area contributed by atoms with E-state index in [1.807, 2.05) is 0 Å². The van der Waals surface area contributed by atoms with Gasteiger partial charge in [-0.1, -0.05) is 136 Å². The maximum atomic E-state index is 5.23.